The van der Waals surface area contributed by atoms with Crippen molar-refractivity contribution in [2.24, 2.45) is 35.5 Å². The minimum absolute atomic E-state index is 0.114. The van der Waals surface area contributed by atoms with Crippen molar-refractivity contribution >= 4 is 23.6 Å². The van der Waals surface area contributed by atoms with E-state index in [2.05, 4.69) is 6.08 Å². The Morgan fingerprint density at radius 1 is 0.892 bits per heavy atom. The van der Waals surface area contributed by atoms with Crippen LogP contribution in [0.25, 0.3) is 0 Å². The molecule has 1 aromatic carbocycles. The largest absolute Gasteiger partial charge is 0.508 e. The van der Waals surface area contributed by atoms with Gasteiger partial charge in [0, 0.05) is 31.0 Å². The number of phenols is 1. The molecule has 2 aliphatic carbocycles. The molecule has 0 spiro atoms. The molecule has 0 aromatic heterocycles. The monoisotopic (exact) mass is 504 g/mol. The number of fused-ring (bicyclic) bond motifs is 5. The third-order valence-corrected chi connectivity index (χ3v) is 8.90. The van der Waals surface area contributed by atoms with Crippen LogP contribution in [-0.2, 0) is 25.6 Å². The number of rotatable bonds is 5. The van der Waals surface area contributed by atoms with Gasteiger partial charge in [-0.2, -0.15) is 0 Å². The molecule has 37 heavy (non-hydrogen) atoms. The van der Waals surface area contributed by atoms with Crippen LogP contribution in [0.15, 0.2) is 41.7 Å². The Kier molecular flexibility index (Phi) is 5.73. The van der Waals surface area contributed by atoms with Gasteiger partial charge < -0.3 is 9.84 Å². The first-order valence-corrected chi connectivity index (χ1v) is 13.4. The van der Waals surface area contributed by atoms with Crippen molar-refractivity contribution in [3.63, 3.8) is 0 Å². The van der Waals surface area contributed by atoms with E-state index in [1.807, 2.05) is 13.8 Å². The number of ether oxygens (including phenoxy) is 1. The van der Waals surface area contributed by atoms with Gasteiger partial charge in [0.25, 0.3) is 0 Å². The summed E-state index contributed by atoms with van der Waals surface area (Å²) < 4.78 is 5.94. The molecule has 1 aromatic rings. The Morgan fingerprint density at radius 2 is 1.57 bits per heavy atom. The average Bonchev–Trinajstić information content (AvgIpc) is 3.27. The lowest BCUT2D eigenvalue weighted by Crippen LogP contribution is -2.45. The second-order valence-corrected chi connectivity index (χ2v) is 11.0. The predicted octanol–water partition coefficient (Wildman–Crippen LogP) is 3.20. The fourth-order valence-electron chi connectivity index (χ4n) is 7.43. The highest BCUT2D eigenvalue weighted by Gasteiger charge is 2.62. The molecule has 0 bridgehead atoms. The molecule has 3 heterocycles. The molecule has 0 radical (unpaired) electrons. The first-order valence-electron chi connectivity index (χ1n) is 13.4. The number of nitrogens with zero attached hydrogens (tertiary/aromatic N) is 2. The summed E-state index contributed by atoms with van der Waals surface area (Å²) in [6.07, 6.45) is 6.46. The zero-order valence-electron chi connectivity index (χ0n) is 21.2. The number of imide groups is 2. The molecule has 4 amide bonds. The molecule has 8 heteroatoms. The van der Waals surface area contributed by atoms with Crippen molar-refractivity contribution in [1.82, 2.24) is 9.80 Å². The van der Waals surface area contributed by atoms with Gasteiger partial charge >= 0.3 is 0 Å². The zero-order valence-corrected chi connectivity index (χ0v) is 21.2. The van der Waals surface area contributed by atoms with Gasteiger partial charge in [-0.25, -0.2) is 0 Å². The van der Waals surface area contributed by atoms with Crippen molar-refractivity contribution < 1.29 is 29.0 Å². The van der Waals surface area contributed by atoms with E-state index in [-0.39, 0.29) is 41.2 Å². The first-order chi connectivity index (χ1) is 17.8. The van der Waals surface area contributed by atoms with Gasteiger partial charge in [0.15, 0.2) is 0 Å². The van der Waals surface area contributed by atoms with Crippen LogP contribution in [0, 0.1) is 35.5 Å². The van der Waals surface area contributed by atoms with Crippen molar-refractivity contribution in [1.29, 1.82) is 0 Å². The number of allylic oxidation sites excluding steroid dienone is 3. The molecule has 1 saturated carbocycles. The average molecular weight is 505 g/mol. The molecule has 3 fully saturated rings. The standard InChI is InChI=1S/C29H32N2O6/c1-3-9-30-26(33)19-7-6-18-20(24(19)28(30)35)13-21-25(29(36)31(10-4-2)27(21)34)23(18)16-11-15-12-17(32)5-8-22(15)37-14-16/h5-6,8,12,14,19-21,23-25,32H,3-4,7,9-11,13H2,1-2H3. The van der Waals surface area contributed by atoms with E-state index in [9.17, 15) is 24.3 Å². The molecular weight excluding hydrogens is 472 g/mol. The number of phenolic OH excluding ortho intramolecular Hbond substituents is 1. The van der Waals surface area contributed by atoms with Gasteiger partial charge in [-0.3, -0.25) is 29.0 Å². The number of likely N-dealkylation sites (tertiary alicyclic amines) is 2. The van der Waals surface area contributed by atoms with Gasteiger partial charge in [-0.05, 0) is 55.4 Å². The number of carbonyl (C=O) groups is 4. The molecule has 6 unspecified atom stereocenters. The minimum atomic E-state index is -0.550. The molecule has 2 saturated heterocycles. The van der Waals surface area contributed by atoms with Crippen LogP contribution in [0.2, 0.25) is 0 Å². The summed E-state index contributed by atoms with van der Waals surface area (Å²) in [7, 11) is 0. The van der Waals surface area contributed by atoms with E-state index < -0.39 is 23.7 Å². The number of hydrogen-bond acceptors (Lipinski definition) is 6. The van der Waals surface area contributed by atoms with Crippen LogP contribution in [-0.4, -0.2) is 51.6 Å². The smallest absolute Gasteiger partial charge is 0.234 e. The van der Waals surface area contributed by atoms with Gasteiger partial charge in [-0.15, -0.1) is 0 Å². The minimum Gasteiger partial charge on any atom is -0.508 e. The van der Waals surface area contributed by atoms with Gasteiger partial charge in [0.1, 0.15) is 11.5 Å². The maximum Gasteiger partial charge on any atom is 0.234 e. The zero-order chi connectivity index (χ0) is 26.0. The second-order valence-electron chi connectivity index (χ2n) is 11.0. The van der Waals surface area contributed by atoms with E-state index in [0.29, 0.717) is 50.9 Å². The van der Waals surface area contributed by atoms with Gasteiger partial charge in [0.2, 0.25) is 23.6 Å². The highest BCUT2D eigenvalue weighted by Crippen LogP contribution is 2.57. The van der Waals surface area contributed by atoms with Crippen LogP contribution in [0.1, 0.15) is 45.1 Å². The highest BCUT2D eigenvalue weighted by molar-refractivity contribution is 6.07. The maximum atomic E-state index is 13.7. The van der Waals surface area contributed by atoms with E-state index >= 15 is 0 Å². The second kappa shape index (κ2) is 8.85. The molecule has 1 N–H and O–H groups in total. The summed E-state index contributed by atoms with van der Waals surface area (Å²) in [5.41, 5.74) is 2.66. The number of hydrogen-bond donors (Lipinski definition) is 1. The summed E-state index contributed by atoms with van der Waals surface area (Å²) in [6, 6.07) is 4.95. The summed E-state index contributed by atoms with van der Waals surface area (Å²) >= 11 is 0. The van der Waals surface area contributed by atoms with E-state index in [0.717, 1.165) is 16.7 Å². The number of amides is 4. The molecule has 194 valence electrons. The maximum absolute atomic E-state index is 13.7. The SMILES string of the molecule is CCCN1C(=O)C2CC=C3C(CC4C(=O)N(CCC)C(=O)C4C3C3=COc4ccc(O)cc4C3)C2C1=O. The molecule has 5 aliphatic rings. The Morgan fingerprint density at radius 3 is 2.27 bits per heavy atom. The topological polar surface area (TPSA) is 104 Å². The van der Waals surface area contributed by atoms with Crippen molar-refractivity contribution in [3.05, 3.63) is 47.2 Å². The lowest BCUT2D eigenvalue weighted by atomic mass is 9.56. The van der Waals surface area contributed by atoms with Gasteiger partial charge in [-0.1, -0.05) is 25.5 Å². The Bertz CT molecular complexity index is 1260. The molecule has 3 aliphatic heterocycles. The Hall–Kier alpha value is -3.42. The molecule has 6 atom stereocenters. The fourth-order valence-corrected chi connectivity index (χ4v) is 7.43. The lowest BCUT2D eigenvalue weighted by Gasteiger charge is -2.45. The Labute approximate surface area is 215 Å². The van der Waals surface area contributed by atoms with E-state index in [4.69, 9.17) is 4.74 Å². The van der Waals surface area contributed by atoms with Crippen molar-refractivity contribution in [2.45, 2.75) is 46.0 Å². The molecular formula is C29H32N2O6. The summed E-state index contributed by atoms with van der Waals surface area (Å²) in [5, 5.41) is 10.1. The third kappa shape index (κ3) is 3.48. The summed E-state index contributed by atoms with van der Waals surface area (Å²) in [6.45, 7) is 4.67. The summed E-state index contributed by atoms with van der Waals surface area (Å²) in [5.74, 6) is -2.43. The van der Waals surface area contributed by atoms with Crippen LogP contribution < -0.4 is 4.74 Å². The quantitative estimate of drug-likeness (QED) is 0.488. The highest BCUT2D eigenvalue weighted by atomic mass is 16.5. The van der Waals surface area contributed by atoms with E-state index in [1.165, 1.54) is 9.80 Å². The van der Waals surface area contributed by atoms with Crippen molar-refractivity contribution in [3.8, 4) is 11.5 Å². The molecule has 8 nitrogen and oxygen atoms in total. The lowest BCUT2D eigenvalue weighted by molar-refractivity contribution is -0.142. The normalized spacial score (nSPS) is 32.4. The van der Waals surface area contributed by atoms with E-state index in [1.54, 1.807) is 24.5 Å². The summed E-state index contributed by atoms with van der Waals surface area (Å²) in [4.78, 5) is 56.7. The number of aromatic hydroxyl groups is 1. The Balaban J connectivity index is 1.43. The predicted molar refractivity (Wildman–Crippen MR) is 133 cm³/mol. The number of benzene rings is 1. The fraction of sp³-hybridized carbons (Fsp3) is 0.517. The van der Waals surface area contributed by atoms with Crippen molar-refractivity contribution in [2.75, 3.05) is 13.1 Å². The van der Waals surface area contributed by atoms with Crippen LogP contribution in [0.5, 0.6) is 11.5 Å². The first kappa shape index (κ1) is 23.9. The van der Waals surface area contributed by atoms with Crippen LogP contribution >= 0.6 is 0 Å². The molecule has 6 rings (SSSR count). The third-order valence-electron chi connectivity index (χ3n) is 8.90. The van der Waals surface area contributed by atoms with Crippen LogP contribution in [0.3, 0.4) is 0 Å². The number of carbonyl (C=O) groups excluding carboxylic acids is 4. The van der Waals surface area contributed by atoms with Crippen LogP contribution in [0.4, 0.5) is 0 Å². The van der Waals surface area contributed by atoms with Gasteiger partial charge in [0.05, 0.1) is 29.9 Å².